The molecule has 4 nitrogen and oxygen atoms in total. The van der Waals surface area contributed by atoms with E-state index in [1.54, 1.807) is 13.8 Å². The SMILES string of the molecule is Cc1cc(C(=O)OC(C)CC(C)C)cc(S(=O)(=O)Cl)c1Cl. The fourth-order valence-electron chi connectivity index (χ4n) is 2.00. The van der Waals surface area contributed by atoms with E-state index in [-0.39, 0.29) is 21.6 Å². The molecule has 0 fully saturated rings. The van der Waals surface area contributed by atoms with Gasteiger partial charge in [-0.15, -0.1) is 0 Å². The summed E-state index contributed by atoms with van der Waals surface area (Å²) >= 11 is 5.91. The van der Waals surface area contributed by atoms with Gasteiger partial charge in [0.05, 0.1) is 16.7 Å². The van der Waals surface area contributed by atoms with Crippen LogP contribution in [0.2, 0.25) is 5.02 Å². The van der Waals surface area contributed by atoms with Gasteiger partial charge in [0, 0.05) is 10.7 Å². The minimum Gasteiger partial charge on any atom is -0.459 e. The quantitative estimate of drug-likeness (QED) is 0.589. The van der Waals surface area contributed by atoms with Crippen LogP contribution < -0.4 is 0 Å². The first-order valence-electron chi connectivity index (χ1n) is 6.48. The molecule has 0 radical (unpaired) electrons. The molecule has 0 aromatic heterocycles. The second-order valence-corrected chi connectivity index (χ2v) is 8.30. The van der Waals surface area contributed by atoms with Crippen LogP contribution in [0.1, 0.15) is 43.1 Å². The van der Waals surface area contributed by atoms with Gasteiger partial charge in [0.1, 0.15) is 4.90 Å². The molecule has 0 aliphatic carbocycles. The summed E-state index contributed by atoms with van der Waals surface area (Å²) in [4.78, 5) is 11.8. The van der Waals surface area contributed by atoms with Crippen molar-refractivity contribution in [2.24, 2.45) is 5.92 Å². The predicted octanol–water partition coefficient (Wildman–Crippen LogP) is 4.17. The average molecular weight is 353 g/mol. The molecule has 0 heterocycles. The molecule has 0 spiro atoms. The predicted molar refractivity (Wildman–Crippen MR) is 83.6 cm³/mol. The monoisotopic (exact) mass is 352 g/mol. The normalized spacial score (nSPS) is 13.3. The number of benzene rings is 1. The molecule has 0 aliphatic heterocycles. The molecule has 0 N–H and O–H groups in total. The van der Waals surface area contributed by atoms with Gasteiger partial charge in [-0.25, -0.2) is 13.2 Å². The highest BCUT2D eigenvalue weighted by Crippen LogP contribution is 2.29. The second-order valence-electron chi connectivity index (χ2n) is 5.39. The molecule has 21 heavy (non-hydrogen) atoms. The highest BCUT2D eigenvalue weighted by molar-refractivity contribution is 8.13. The first-order valence-corrected chi connectivity index (χ1v) is 9.17. The van der Waals surface area contributed by atoms with Gasteiger partial charge in [-0.2, -0.15) is 0 Å². The summed E-state index contributed by atoms with van der Waals surface area (Å²) < 4.78 is 28.2. The van der Waals surface area contributed by atoms with E-state index >= 15 is 0 Å². The van der Waals surface area contributed by atoms with Gasteiger partial charge in [0.15, 0.2) is 0 Å². The smallest absolute Gasteiger partial charge is 0.338 e. The number of hydrogen-bond donors (Lipinski definition) is 0. The van der Waals surface area contributed by atoms with Crippen molar-refractivity contribution in [3.63, 3.8) is 0 Å². The van der Waals surface area contributed by atoms with E-state index in [9.17, 15) is 13.2 Å². The second kappa shape index (κ2) is 6.99. The van der Waals surface area contributed by atoms with Gasteiger partial charge < -0.3 is 4.74 Å². The molecule has 1 unspecified atom stereocenters. The van der Waals surface area contributed by atoms with Gasteiger partial charge in [0.2, 0.25) is 0 Å². The highest BCUT2D eigenvalue weighted by atomic mass is 35.7. The van der Waals surface area contributed by atoms with Gasteiger partial charge in [0.25, 0.3) is 9.05 Å². The maximum absolute atomic E-state index is 12.1. The van der Waals surface area contributed by atoms with E-state index in [1.807, 2.05) is 13.8 Å². The Morgan fingerprint density at radius 2 is 1.86 bits per heavy atom. The van der Waals surface area contributed by atoms with Crippen LogP contribution in [0.3, 0.4) is 0 Å². The lowest BCUT2D eigenvalue weighted by Crippen LogP contribution is -2.17. The standard InChI is InChI=1S/C14H18Cl2O4S/c1-8(2)5-10(4)20-14(17)11-6-9(3)13(15)12(7-11)21(16,18)19/h6-8,10H,5H2,1-4H3. The molecule has 1 rings (SSSR count). The first kappa shape index (κ1) is 18.3. The highest BCUT2D eigenvalue weighted by Gasteiger charge is 2.21. The zero-order chi connectivity index (χ0) is 16.4. The molecule has 1 aromatic rings. The Morgan fingerprint density at radius 1 is 1.29 bits per heavy atom. The first-order chi connectivity index (χ1) is 9.52. The molecule has 7 heteroatoms. The Hall–Kier alpha value is -0.780. The zero-order valence-corrected chi connectivity index (χ0v) is 14.6. The maximum atomic E-state index is 12.1. The van der Waals surface area contributed by atoms with Crippen molar-refractivity contribution in [2.45, 2.75) is 45.1 Å². The summed E-state index contributed by atoms with van der Waals surface area (Å²) in [6, 6.07) is 2.63. The minimum atomic E-state index is -4.03. The lowest BCUT2D eigenvalue weighted by Gasteiger charge is -2.16. The van der Waals surface area contributed by atoms with Crippen molar-refractivity contribution < 1.29 is 17.9 Å². The lowest BCUT2D eigenvalue weighted by molar-refractivity contribution is 0.0299. The molecular weight excluding hydrogens is 335 g/mol. The largest absolute Gasteiger partial charge is 0.459 e. The third-order valence-corrected chi connectivity index (χ3v) is 4.79. The van der Waals surface area contributed by atoms with E-state index in [1.165, 1.54) is 6.07 Å². The molecule has 0 aliphatic rings. The Labute approximate surface area is 134 Å². The van der Waals surface area contributed by atoms with Gasteiger partial charge in [-0.05, 0) is 43.9 Å². The Balaban J connectivity index is 3.09. The molecule has 0 saturated carbocycles. The number of ether oxygens (including phenoxy) is 1. The summed E-state index contributed by atoms with van der Waals surface area (Å²) in [5.74, 6) is -0.206. The number of rotatable bonds is 5. The summed E-state index contributed by atoms with van der Waals surface area (Å²) in [5, 5.41) is 0.0109. The van der Waals surface area contributed by atoms with Crippen molar-refractivity contribution in [1.82, 2.24) is 0 Å². The zero-order valence-electron chi connectivity index (χ0n) is 12.3. The fraction of sp³-hybridized carbons (Fsp3) is 0.500. The summed E-state index contributed by atoms with van der Waals surface area (Å²) in [6.45, 7) is 7.44. The number of hydrogen-bond acceptors (Lipinski definition) is 4. The van der Waals surface area contributed by atoms with Crippen LogP contribution in [0.4, 0.5) is 0 Å². The number of halogens is 2. The van der Waals surface area contributed by atoms with E-state index in [2.05, 4.69) is 0 Å². The van der Waals surface area contributed by atoms with Crippen LogP contribution in [0.5, 0.6) is 0 Å². The van der Waals surface area contributed by atoms with Crippen LogP contribution >= 0.6 is 22.3 Å². The van der Waals surface area contributed by atoms with E-state index in [0.717, 1.165) is 12.5 Å². The van der Waals surface area contributed by atoms with E-state index in [0.29, 0.717) is 11.5 Å². The number of carbonyl (C=O) groups is 1. The van der Waals surface area contributed by atoms with Gasteiger partial charge >= 0.3 is 5.97 Å². The lowest BCUT2D eigenvalue weighted by atomic mass is 10.1. The average Bonchev–Trinajstić information content (AvgIpc) is 2.29. The third kappa shape index (κ3) is 5.16. The van der Waals surface area contributed by atoms with Crippen molar-refractivity contribution in [1.29, 1.82) is 0 Å². The summed E-state index contributed by atoms with van der Waals surface area (Å²) in [6.07, 6.45) is 0.462. The summed E-state index contributed by atoms with van der Waals surface area (Å²) in [5.41, 5.74) is 0.564. The van der Waals surface area contributed by atoms with Crippen LogP contribution in [0.25, 0.3) is 0 Å². The van der Waals surface area contributed by atoms with Crippen LogP contribution in [-0.2, 0) is 13.8 Å². The molecule has 0 bridgehead atoms. The Morgan fingerprint density at radius 3 is 2.33 bits per heavy atom. The topological polar surface area (TPSA) is 60.4 Å². The van der Waals surface area contributed by atoms with Gasteiger partial charge in [-0.3, -0.25) is 0 Å². The number of esters is 1. The fourth-order valence-corrected chi connectivity index (χ4v) is 3.54. The molecular formula is C14H18Cl2O4S. The molecule has 118 valence electrons. The molecule has 1 aromatic carbocycles. The van der Waals surface area contributed by atoms with Crippen molar-refractivity contribution in [3.05, 3.63) is 28.3 Å². The van der Waals surface area contributed by atoms with E-state index in [4.69, 9.17) is 27.0 Å². The third-order valence-electron chi connectivity index (χ3n) is 2.83. The van der Waals surface area contributed by atoms with Gasteiger partial charge in [-0.1, -0.05) is 25.4 Å². The van der Waals surface area contributed by atoms with Crippen molar-refractivity contribution >= 4 is 37.3 Å². The Kier molecular flexibility index (Phi) is 6.08. The van der Waals surface area contributed by atoms with Crippen LogP contribution in [0, 0.1) is 12.8 Å². The number of aryl methyl sites for hydroxylation is 1. The molecule has 1 atom stereocenters. The van der Waals surface area contributed by atoms with Crippen molar-refractivity contribution in [2.75, 3.05) is 0 Å². The molecule has 0 amide bonds. The van der Waals surface area contributed by atoms with Crippen LogP contribution in [0.15, 0.2) is 17.0 Å². The number of carbonyl (C=O) groups excluding carboxylic acids is 1. The summed E-state index contributed by atoms with van der Waals surface area (Å²) in [7, 11) is 1.30. The minimum absolute atomic E-state index is 0.0109. The van der Waals surface area contributed by atoms with E-state index < -0.39 is 15.0 Å². The van der Waals surface area contributed by atoms with Crippen molar-refractivity contribution in [3.8, 4) is 0 Å². The molecule has 0 saturated heterocycles. The van der Waals surface area contributed by atoms with Crippen LogP contribution in [-0.4, -0.2) is 20.5 Å². The Bertz CT molecular complexity index is 639. The maximum Gasteiger partial charge on any atom is 0.338 e.